The summed E-state index contributed by atoms with van der Waals surface area (Å²) in [6, 6.07) is 18.8. The first kappa shape index (κ1) is 15.1. The first-order valence-electron chi connectivity index (χ1n) is 7.55. The number of fused-ring (bicyclic) bond motifs is 1. The number of aryl methyl sites for hydroxylation is 1. The molecule has 0 spiro atoms. The van der Waals surface area contributed by atoms with Gasteiger partial charge in [-0.05, 0) is 30.5 Å². The topological polar surface area (TPSA) is 80.9 Å². The number of aromatic nitrogens is 2. The normalized spacial score (nSPS) is 12.0. The molecule has 3 rings (SSSR count). The lowest BCUT2D eigenvalue weighted by molar-refractivity contribution is -0.117. The Labute approximate surface area is 134 Å². The first-order chi connectivity index (χ1) is 11.2. The van der Waals surface area contributed by atoms with E-state index in [4.69, 9.17) is 5.73 Å². The molecule has 0 fully saturated rings. The minimum atomic E-state index is -0.580. The van der Waals surface area contributed by atoms with E-state index in [1.807, 2.05) is 54.6 Å². The van der Waals surface area contributed by atoms with Crippen molar-refractivity contribution < 1.29 is 4.79 Å². The average Bonchev–Trinajstić information content (AvgIpc) is 2.60. The number of hydrogen-bond acceptors (Lipinski definition) is 4. The molecule has 0 aliphatic carbocycles. The van der Waals surface area contributed by atoms with Crippen LogP contribution < -0.4 is 11.1 Å². The van der Waals surface area contributed by atoms with E-state index in [1.165, 1.54) is 5.56 Å². The molecule has 1 heterocycles. The molecule has 0 aliphatic rings. The number of hydrogen-bond donors (Lipinski definition) is 2. The summed E-state index contributed by atoms with van der Waals surface area (Å²) in [5.74, 6) is 0.175. The number of amides is 1. The van der Waals surface area contributed by atoms with Crippen molar-refractivity contribution in [2.24, 2.45) is 5.73 Å². The fraction of sp³-hybridized carbons (Fsp3) is 0.167. The van der Waals surface area contributed by atoms with Crippen LogP contribution in [-0.2, 0) is 11.2 Å². The Morgan fingerprint density at radius 3 is 2.61 bits per heavy atom. The molecule has 0 unspecified atom stereocenters. The monoisotopic (exact) mass is 306 g/mol. The Kier molecular flexibility index (Phi) is 4.59. The third-order valence-electron chi connectivity index (χ3n) is 3.67. The summed E-state index contributed by atoms with van der Waals surface area (Å²) < 4.78 is 0. The maximum absolute atomic E-state index is 12.2. The number of nitrogens with zero attached hydrogens (tertiary/aromatic N) is 2. The molecular weight excluding hydrogens is 288 g/mol. The van der Waals surface area contributed by atoms with Gasteiger partial charge in [-0.15, -0.1) is 10.2 Å². The van der Waals surface area contributed by atoms with Crippen molar-refractivity contribution in [1.29, 1.82) is 0 Å². The van der Waals surface area contributed by atoms with Gasteiger partial charge >= 0.3 is 0 Å². The molecule has 116 valence electrons. The molecule has 3 N–H and O–H groups in total. The fourth-order valence-corrected chi connectivity index (χ4v) is 2.36. The zero-order valence-corrected chi connectivity index (χ0v) is 12.6. The number of benzene rings is 2. The van der Waals surface area contributed by atoms with E-state index < -0.39 is 6.04 Å². The van der Waals surface area contributed by atoms with E-state index >= 15 is 0 Å². The second-order valence-corrected chi connectivity index (χ2v) is 5.41. The quantitative estimate of drug-likeness (QED) is 0.759. The van der Waals surface area contributed by atoms with Gasteiger partial charge in [-0.3, -0.25) is 4.79 Å². The molecule has 1 aromatic heterocycles. The zero-order chi connectivity index (χ0) is 16.1. The summed E-state index contributed by atoms with van der Waals surface area (Å²) in [4.78, 5) is 12.2. The third kappa shape index (κ3) is 3.90. The lowest BCUT2D eigenvalue weighted by atomic mass is 10.1. The molecule has 1 amide bonds. The molecule has 0 saturated heterocycles. The fourth-order valence-electron chi connectivity index (χ4n) is 2.36. The molecule has 5 heteroatoms. The zero-order valence-electron chi connectivity index (χ0n) is 12.6. The minimum absolute atomic E-state index is 0.245. The molecule has 0 radical (unpaired) electrons. The summed E-state index contributed by atoms with van der Waals surface area (Å²) in [5, 5.41) is 11.8. The summed E-state index contributed by atoms with van der Waals surface area (Å²) in [6.45, 7) is 0. The van der Waals surface area contributed by atoms with E-state index in [-0.39, 0.29) is 5.91 Å². The average molecular weight is 306 g/mol. The van der Waals surface area contributed by atoms with Crippen molar-refractivity contribution in [2.45, 2.75) is 18.9 Å². The van der Waals surface area contributed by atoms with Crippen molar-refractivity contribution in [2.75, 3.05) is 5.32 Å². The molecule has 0 saturated carbocycles. The summed E-state index contributed by atoms with van der Waals surface area (Å²) in [6.07, 6.45) is 1.34. The first-order valence-corrected chi connectivity index (χ1v) is 7.55. The van der Waals surface area contributed by atoms with Crippen LogP contribution in [0, 0.1) is 0 Å². The third-order valence-corrected chi connectivity index (χ3v) is 3.67. The van der Waals surface area contributed by atoms with Crippen molar-refractivity contribution in [3.05, 3.63) is 66.2 Å². The maximum atomic E-state index is 12.2. The smallest absolute Gasteiger partial charge is 0.242 e. The number of carbonyl (C=O) groups is 1. The summed E-state index contributed by atoms with van der Waals surface area (Å²) >= 11 is 0. The van der Waals surface area contributed by atoms with Gasteiger partial charge in [-0.1, -0.05) is 48.5 Å². The number of nitrogens with two attached hydrogens (primary N) is 1. The number of nitrogens with one attached hydrogen (secondary N) is 1. The SMILES string of the molecule is N[C@H](CCc1ccccc1)C(=O)Nc1cc2ccccc2nn1. The predicted molar refractivity (Wildman–Crippen MR) is 90.9 cm³/mol. The van der Waals surface area contributed by atoms with E-state index in [9.17, 15) is 4.79 Å². The van der Waals surface area contributed by atoms with Crippen LogP contribution in [0.25, 0.3) is 10.9 Å². The van der Waals surface area contributed by atoms with E-state index in [0.717, 1.165) is 17.3 Å². The summed E-state index contributed by atoms with van der Waals surface area (Å²) in [5.41, 5.74) is 7.92. The van der Waals surface area contributed by atoms with Gasteiger partial charge < -0.3 is 11.1 Å². The molecule has 0 bridgehead atoms. The highest BCUT2D eigenvalue weighted by atomic mass is 16.2. The van der Waals surface area contributed by atoms with Gasteiger partial charge in [0.2, 0.25) is 5.91 Å². The second-order valence-electron chi connectivity index (χ2n) is 5.41. The van der Waals surface area contributed by atoms with Crippen LogP contribution in [0.1, 0.15) is 12.0 Å². The number of anilines is 1. The van der Waals surface area contributed by atoms with Crippen LogP contribution >= 0.6 is 0 Å². The molecular formula is C18H18N4O. The van der Waals surface area contributed by atoms with Gasteiger partial charge in [0.25, 0.3) is 0 Å². The van der Waals surface area contributed by atoms with Gasteiger partial charge in [-0.25, -0.2) is 0 Å². The maximum Gasteiger partial charge on any atom is 0.242 e. The molecule has 23 heavy (non-hydrogen) atoms. The van der Waals surface area contributed by atoms with Gasteiger partial charge in [0.05, 0.1) is 11.6 Å². The van der Waals surface area contributed by atoms with Crippen LogP contribution in [0.3, 0.4) is 0 Å². The predicted octanol–water partition coefficient (Wildman–Crippen LogP) is 2.53. The lowest BCUT2D eigenvalue weighted by Gasteiger charge is -2.11. The van der Waals surface area contributed by atoms with Crippen LogP contribution in [0.5, 0.6) is 0 Å². The highest BCUT2D eigenvalue weighted by Gasteiger charge is 2.14. The second kappa shape index (κ2) is 6.98. The largest absolute Gasteiger partial charge is 0.320 e. The van der Waals surface area contributed by atoms with Crippen molar-refractivity contribution in [3.8, 4) is 0 Å². The van der Waals surface area contributed by atoms with Gasteiger partial charge in [0.1, 0.15) is 0 Å². The van der Waals surface area contributed by atoms with Crippen LogP contribution in [-0.4, -0.2) is 22.1 Å². The highest BCUT2D eigenvalue weighted by molar-refractivity contribution is 5.95. The molecule has 3 aromatic rings. The van der Waals surface area contributed by atoms with E-state index in [1.54, 1.807) is 6.07 Å². The molecule has 0 aliphatic heterocycles. The van der Waals surface area contributed by atoms with Crippen LogP contribution in [0.15, 0.2) is 60.7 Å². The molecule has 5 nitrogen and oxygen atoms in total. The van der Waals surface area contributed by atoms with Crippen molar-refractivity contribution >= 4 is 22.6 Å². The summed E-state index contributed by atoms with van der Waals surface area (Å²) in [7, 11) is 0. The van der Waals surface area contributed by atoms with Crippen molar-refractivity contribution in [3.63, 3.8) is 0 Å². The lowest BCUT2D eigenvalue weighted by Crippen LogP contribution is -2.36. The van der Waals surface area contributed by atoms with Crippen LogP contribution in [0.2, 0.25) is 0 Å². The Balaban J connectivity index is 1.60. The van der Waals surface area contributed by atoms with Gasteiger partial charge in [-0.2, -0.15) is 0 Å². The van der Waals surface area contributed by atoms with E-state index in [0.29, 0.717) is 12.2 Å². The standard InChI is InChI=1S/C18H18N4O/c19-15(11-10-13-6-2-1-3-7-13)18(23)20-17-12-14-8-4-5-9-16(14)21-22-17/h1-9,12,15H,10-11,19H2,(H,20,22,23)/t15-/m1/s1. The van der Waals surface area contributed by atoms with Crippen molar-refractivity contribution in [1.82, 2.24) is 10.2 Å². The Morgan fingerprint density at radius 2 is 1.78 bits per heavy atom. The van der Waals surface area contributed by atoms with Gasteiger partial charge in [0.15, 0.2) is 5.82 Å². The minimum Gasteiger partial charge on any atom is -0.320 e. The Hall–Kier alpha value is -2.79. The highest BCUT2D eigenvalue weighted by Crippen LogP contribution is 2.14. The molecule has 2 aromatic carbocycles. The van der Waals surface area contributed by atoms with E-state index in [2.05, 4.69) is 15.5 Å². The Bertz CT molecular complexity index is 804. The number of rotatable bonds is 5. The van der Waals surface area contributed by atoms with Crippen LogP contribution in [0.4, 0.5) is 5.82 Å². The Morgan fingerprint density at radius 1 is 1.04 bits per heavy atom. The number of carbonyl (C=O) groups excluding carboxylic acids is 1. The van der Waals surface area contributed by atoms with Gasteiger partial charge in [0, 0.05) is 5.39 Å². The molecule has 1 atom stereocenters.